The van der Waals surface area contributed by atoms with Crippen molar-refractivity contribution >= 4 is 67.1 Å². The van der Waals surface area contributed by atoms with Crippen LogP contribution < -0.4 is 44.7 Å². The Bertz CT molecular complexity index is 1710. The second-order valence-electron chi connectivity index (χ2n) is 8.00. The summed E-state index contributed by atoms with van der Waals surface area (Å²) >= 11 is 12.3. The fourth-order valence-corrected chi connectivity index (χ4v) is 5.51. The van der Waals surface area contributed by atoms with E-state index in [-0.39, 0.29) is 80.0 Å². The number of azo groups is 1. The van der Waals surface area contributed by atoms with Gasteiger partial charge in [0, 0.05) is 16.0 Å². The van der Waals surface area contributed by atoms with Gasteiger partial charge in [-0.25, -0.2) is 0 Å². The van der Waals surface area contributed by atoms with Crippen molar-refractivity contribution in [3.63, 3.8) is 0 Å². The van der Waals surface area contributed by atoms with E-state index < -0.39 is 26.7 Å². The van der Waals surface area contributed by atoms with E-state index in [1.54, 1.807) is 49.4 Å². The van der Waals surface area contributed by atoms with Crippen LogP contribution in [0.2, 0.25) is 10.0 Å². The summed E-state index contributed by atoms with van der Waals surface area (Å²) in [5.41, 5.74) is -0.232. The summed E-state index contributed by atoms with van der Waals surface area (Å²) < 4.78 is 39.3. The van der Waals surface area contributed by atoms with Crippen molar-refractivity contribution in [2.75, 3.05) is 12.4 Å². The average Bonchev–Trinajstić information content (AvgIpc) is 2.87. The number of amides is 1. The Morgan fingerprint density at radius 1 is 1.05 bits per heavy atom. The van der Waals surface area contributed by atoms with Gasteiger partial charge in [0.1, 0.15) is 10.6 Å². The topological polar surface area (TPSA) is 140 Å². The van der Waals surface area contributed by atoms with Gasteiger partial charge in [0.05, 0.1) is 23.5 Å². The van der Waals surface area contributed by atoms with Crippen LogP contribution in [0.25, 0.3) is 10.8 Å². The number of halogens is 2. The van der Waals surface area contributed by atoms with E-state index in [1.165, 1.54) is 25.3 Å². The predicted molar refractivity (Wildman–Crippen MR) is 144 cm³/mol. The summed E-state index contributed by atoms with van der Waals surface area (Å²) in [6, 6.07) is 15.6. The zero-order valence-electron chi connectivity index (χ0n) is 21.0. The number of carbonyl (C=O) groups is 1. The van der Waals surface area contributed by atoms with Crippen LogP contribution in [0.1, 0.15) is 22.8 Å². The largest absolute Gasteiger partial charge is 1.00 e. The molecule has 39 heavy (non-hydrogen) atoms. The van der Waals surface area contributed by atoms with Crippen molar-refractivity contribution in [1.29, 1.82) is 0 Å². The molecular formula is C26H20Cl2N3NaO6S. The molecule has 0 radical (unpaired) electrons. The number of para-hydroxylation sites is 1. The van der Waals surface area contributed by atoms with E-state index in [9.17, 15) is 22.9 Å². The molecule has 0 saturated carbocycles. The second-order valence-corrected chi connectivity index (χ2v) is 10.2. The van der Waals surface area contributed by atoms with Gasteiger partial charge in [-0.2, -0.15) is 13.5 Å². The maximum atomic E-state index is 13.5. The number of rotatable bonds is 7. The number of nitrogens with one attached hydrogen (secondary N) is 1. The third-order valence-corrected chi connectivity index (χ3v) is 7.31. The molecular weight excluding hydrogens is 576 g/mol. The first-order chi connectivity index (χ1) is 18.1. The molecule has 0 saturated heterocycles. The quantitative estimate of drug-likeness (QED) is 0.189. The smallest absolute Gasteiger partial charge is 0.870 e. The Kier molecular flexibility index (Phi) is 10.0. The second kappa shape index (κ2) is 12.6. The molecule has 0 aliphatic carbocycles. The van der Waals surface area contributed by atoms with Crippen molar-refractivity contribution in [3.05, 3.63) is 81.8 Å². The van der Waals surface area contributed by atoms with Gasteiger partial charge in [-0.3, -0.25) is 9.35 Å². The van der Waals surface area contributed by atoms with Crippen LogP contribution in [0.3, 0.4) is 0 Å². The first-order valence-corrected chi connectivity index (χ1v) is 13.3. The number of hydrogen-bond acceptors (Lipinski definition) is 7. The predicted octanol–water partition coefficient (Wildman–Crippen LogP) is 3.71. The number of carbonyl (C=O) groups excluding carboxylic acids is 1. The Morgan fingerprint density at radius 3 is 2.44 bits per heavy atom. The van der Waals surface area contributed by atoms with Gasteiger partial charge in [0.2, 0.25) is 0 Å². The number of fused-ring (bicyclic) bond motifs is 1. The van der Waals surface area contributed by atoms with Crippen LogP contribution >= 0.6 is 23.2 Å². The van der Waals surface area contributed by atoms with Gasteiger partial charge < -0.3 is 15.2 Å². The molecule has 196 valence electrons. The van der Waals surface area contributed by atoms with E-state index in [0.29, 0.717) is 10.8 Å². The summed E-state index contributed by atoms with van der Waals surface area (Å²) in [5.74, 6) is -1.26. The summed E-state index contributed by atoms with van der Waals surface area (Å²) in [5, 5.41) is 25.4. The molecule has 4 rings (SSSR count). The molecule has 1 amide bonds. The SMILES string of the molecule is CCc1c(Cl)ccc(N=Nc2c([O-])c(C(=O)Nc3cccc(Cl)c3OC)cc3ccccc23)c1S(=O)(=O)O.[Na+]. The minimum absolute atomic E-state index is 0. The average molecular weight is 596 g/mol. The van der Waals surface area contributed by atoms with Gasteiger partial charge in [-0.15, -0.1) is 5.11 Å². The molecule has 0 heterocycles. The molecule has 4 aromatic carbocycles. The van der Waals surface area contributed by atoms with Crippen LogP contribution in [0.4, 0.5) is 17.1 Å². The summed E-state index contributed by atoms with van der Waals surface area (Å²) in [6.45, 7) is 1.66. The van der Waals surface area contributed by atoms with E-state index in [1.807, 2.05) is 0 Å². The Hall–Kier alpha value is -2.70. The summed E-state index contributed by atoms with van der Waals surface area (Å²) in [6.07, 6.45) is 0.190. The van der Waals surface area contributed by atoms with Crippen LogP contribution in [0.15, 0.2) is 75.8 Å². The Balaban J connectivity index is 0.00000420. The fourth-order valence-electron chi connectivity index (χ4n) is 3.97. The Labute approximate surface area is 256 Å². The van der Waals surface area contributed by atoms with Gasteiger partial charge >= 0.3 is 29.6 Å². The molecule has 0 fully saturated rings. The summed E-state index contributed by atoms with van der Waals surface area (Å²) in [7, 11) is -3.33. The molecule has 2 N–H and O–H groups in total. The standard InChI is InChI=1S/C26H21Cl2N3O6S.Na/c1-3-15-18(27)11-12-21(25(15)38(34,35)36)30-31-22-16-8-5-4-7-14(16)13-17(23(22)32)26(33)29-20-10-6-9-19(28)24(20)37-2;/h4-13,32H,3H2,1-2H3,(H,29,33)(H,34,35,36);/q;+1/p-1. The van der Waals surface area contributed by atoms with E-state index >= 15 is 0 Å². The third-order valence-electron chi connectivity index (χ3n) is 5.69. The number of anilines is 1. The van der Waals surface area contributed by atoms with Crippen LogP contribution in [0, 0.1) is 0 Å². The van der Waals surface area contributed by atoms with Gasteiger partial charge in [-0.05, 0) is 47.7 Å². The van der Waals surface area contributed by atoms with Gasteiger partial charge in [0.25, 0.3) is 16.0 Å². The maximum absolute atomic E-state index is 13.5. The van der Waals surface area contributed by atoms with Crippen molar-refractivity contribution in [2.24, 2.45) is 10.2 Å². The molecule has 0 atom stereocenters. The zero-order valence-corrected chi connectivity index (χ0v) is 25.4. The third kappa shape index (κ3) is 6.38. The van der Waals surface area contributed by atoms with Gasteiger partial charge in [0.15, 0.2) is 5.75 Å². The van der Waals surface area contributed by atoms with Gasteiger partial charge in [-0.1, -0.05) is 66.2 Å². The number of methoxy groups -OCH3 is 1. The van der Waals surface area contributed by atoms with E-state index in [0.717, 1.165) is 0 Å². The summed E-state index contributed by atoms with van der Waals surface area (Å²) in [4.78, 5) is 12.7. The molecule has 4 aromatic rings. The monoisotopic (exact) mass is 595 g/mol. The van der Waals surface area contributed by atoms with E-state index in [4.69, 9.17) is 27.9 Å². The first-order valence-electron chi connectivity index (χ1n) is 11.1. The van der Waals surface area contributed by atoms with E-state index in [2.05, 4.69) is 15.5 Å². The van der Waals surface area contributed by atoms with Crippen molar-refractivity contribution < 1.29 is 57.2 Å². The molecule has 9 nitrogen and oxygen atoms in total. The first kappa shape index (κ1) is 30.8. The normalized spacial score (nSPS) is 11.4. The molecule has 0 aromatic heterocycles. The van der Waals surface area contributed by atoms with Crippen molar-refractivity contribution in [1.82, 2.24) is 0 Å². The molecule has 0 unspecified atom stereocenters. The molecule has 0 bridgehead atoms. The Morgan fingerprint density at radius 2 is 1.77 bits per heavy atom. The van der Waals surface area contributed by atoms with Crippen LogP contribution in [-0.2, 0) is 16.5 Å². The van der Waals surface area contributed by atoms with Crippen LogP contribution in [-0.4, -0.2) is 26.0 Å². The zero-order chi connectivity index (χ0) is 27.6. The van der Waals surface area contributed by atoms with Crippen molar-refractivity contribution in [3.8, 4) is 11.5 Å². The maximum Gasteiger partial charge on any atom is 1.00 e. The van der Waals surface area contributed by atoms with Crippen LogP contribution in [0.5, 0.6) is 11.5 Å². The molecule has 0 aliphatic rings. The fraction of sp³-hybridized carbons (Fsp3) is 0.115. The number of hydrogen-bond donors (Lipinski definition) is 2. The van der Waals surface area contributed by atoms with Crippen molar-refractivity contribution in [2.45, 2.75) is 18.2 Å². The molecule has 13 heteroatoms. The number of ether oxygens (including phenoxy) is 1. The number of nitrogens with zero attached hydrogens (tertiary/aromatic N) is 2. The number of benzene rings is 4. The minimum Gasteiger partial charge on any atom is -0.870 e. The molecule has 0 spiro atoms. The molecule has 0 aliphatic heterocycles. The minimum atomic E-state index is -4.73.